The van der Waals surface area contributed by atoms with E-state index in [1.807, 2.05) is 0 Å². The predicted octanol–water partition coefficient (Wildman–Crippen LogP) is 3.53. The largest absolute Gasteiger partial charge is 0.489 e. The lowest BCUT2D eigenvalue weighted by molar-refractivity contribution is -0.115. The zero-order valence-electron chi connectivity index (χ0n) is 14.9. The number of amides is 1. The van der Waals surface area contributed by atoms with E-state index in [0.29, 0.717) is 42.4 Å². The monoisotopic (exact) mass is 408 g/mol. The lowest BCUT2D eigenvalue weighted by atomic mass is 10.3. The van der Waals surface area contributed by atoms with Crippen molar-refractivity contribution in [2.24, 2.45) is 0 Å². The molecule has 0 aliphatic carbocycles. The smallest absolute Gasteiger partial charge is 0.243 e. The molecular formula is C19H21ClN2O4S. The van der Waals surface area contributed by atoms with Crippen molar-refractivity contribution < 1.29 is 17.9 Å². The molecule has 1 aliphatic rings. The average Bonchev–Trinajstić information content (AvgIpc) is 3.13. The van der Waals surface area contributed by atoms with E-state index in [4.69, 9.17) is 16.3 Å². The van der Waals surface area contributed by atoms with Crippen LogP contribution in [0, 0.1) is 0 Å². The maximum atomic E-state index is 12.8. The molecule has 1 heterocycles. The van der Waals surface area contributed by atoms with Crippen LogP contribution in [0.3, 0.4) is 0 Å². The van der Waals surface area contributed by atoms with Gasteiger partial charge >= 0.3 is 0 Å². The number of carbonyl (C=O) groups is 1. The second-order valence-corrected chi connectivity index (χ2v) is 8.65. The van der Waals surface area contributed by atoms with Crippen LogP contribution in [0.15, 0.2) is 53.4 Å². The number of rotatable bonds is 6. The van der Waals surface area contributed by atoms with Crippen molar-refractivity contribution in [3.63, 3.8) is 0 Å². The second-order valence-electron chi connectivity index (χ2n) is 6.27. The fourth-order valence-electron chi connectivity index (χ4n) is 2.83. The third kappa shape index (κ3) is 4.80. The molecule has 1 atom stereocenters. The Balaban J connectivity index is 1.65. The molecule has 27 heavy (non-hydrogen) atoms. The number of ether oxygens (including phenoxy) is 1. The summed E-state index contributed by atoms with van der Waals surface area (Å²) >= 11 is 5.86. The van der Waals surface area contributed by atoms with Crippen LogP contribution in [-0.4, -0.2) is 37.8 Å². The van der Waals surface area contributed by atoms with Crippen LogP contribution in [0.2, 0.25) is 5.02 Å². The molecule has 0 bridgehead atoms. The van der Waals surface area contributed by atoms with Gasteiger partial charge in [-0.3, -0.25) is 4.79 Å². The molecule has 8 heteroatoms. The zero-order chi connectivity index (χ0) is 19.4. The number of benzene rings is 2. The molecule has 0 radical (unpaired) electrons. The summed E-state index contributed by atoms with van der Waals surface area (Å²) in [4.78, 5) is 11.6. The van der Waals surface area contributed by atoms with E-state index in [0.717, 1.165) is 0 Å². The SMILES string of the molecule is CCC(=O)Nc1ccc(S(=O)(=O)N2CCC(Oc3ccc(Cl)cc3)C2)cc1. The molecule has 2 aromatic carbocycles. The Kier molecular flexibility index (Phi) is 6.04. The summed E-state index contributed by atoms with van der Waals surface area (Å²) in [7, 11) is -3.60. The number of hydrogen-bond acceptors (Lipinski definition) is 4. The Morgan fingerprint density at radius 2 is 1.85 bits per heavy atom. The Labute approximate surface area is 164 Å². The summed E-state index contributed by atoms with van der Waals surface area (Å²) in [6, 6.07) is 13.2. The van der Waals surface area contributed by atoms with Gasteiger partial charge in [-0.2, -0.15) is 4.31 Å². The fourth-order valence-corrected chi connectivity index (χ4v) is 4.44. The second kappa shape index (κ2) is 8.29. The first-order chi connectivity index (χ1) is 12.9. The molecule has 2 aromatic rings. The molecule has 1 amide bonds. The number of hydrogen-bond donors (Lipinski definition) is 1. The van der Waals surface area contributed by atoms with Crippen LogP contribution in [0.4, 0.5) is 5.69 Å². The zero-order valence-corrected chi connectivity index (χ0v) is 16.5. The molecule has 6 nitrogen and oxygen atoms in total. The van der Waals surface area contributed by atoms with Crippen molar-refractivity contribution in [2.75, 3.05) is 18.4 Å². The highest BCUT2D eigenvalue weighted by Crippen LogP contribution is 2.25. The highest BCUT2D eigenvalue weighted by Gasteiger charge is 2.33. The molecule has 0 aromatic heterocycles. The Morgan fingerprint density at radius 1 is 1.19 bits per heavy atom. The standard InChI is InChI=1S/C19H21ClN2O4S/c1-2-19(23)21-15-5-9-18(10-6-15)27(24,25)22-12-11-17(13-22)26-16-7-3-14(20)4-8-16/h3-10,17H,2,11-13H2,1H3,(H,21,23). The first kappa shape index (κ1) is 19.7. The Hall–Kier alpha value is -2.09. The van der Waals surface area contributed by atoms with Gasteiger partial charge in [-0.25, -0.2) is 8.42 Å². The Bertz CT molecular complexity index is 898. The first-order valence-corrected chi connectivity index (χ1v) is 10.5. The third-order valence-corrected chi connectivity index (χ3v) is 6.45. The van der Waals surface area contributed by atoms with Crippen molar-refractivity contribution in [1.82, 2.24) is 4.31 Å². The molecular weight excluding hydrogens is 388 g/mol. The van der Waals surface area contributed by atoms with Crippen LogP contribution in [-0.2, 0) is 14.8 Å². The van der Waals surface area contributed by atoms with Crippen LogP contribution < -0.4 is 10.1 Å². The van der Waals surface area contributed by atoms with Gasteiger partial charge in [-0.1, -0.05) is 18.5 Å². The van der Waals surface area contributed by atoms with E-state index < -0.39 is 10.0 Å². The van der Waals surface area contributed by atoms with Gasteiger partial charge in [0.05, 0.1) is 11.4 Å². The number of nitrogens with one attached hydrogen (secondary N) is 1. The Morgan fingerprint density at radius 3 is 2.48 bits per heavy atom. The van der Waals surface area contributed by atoms with Gasteiger partial charge in [0.25, 0.3) is 0 Å². The van der Waals surface area contributed by atoms with E-state index in [1.165, 1.54) is 16.4 Å². The van der Waals surface area contributed by atoms with E-state index in [1.54, 1.807) is 43.3 Å². The lowest BCUT2D eigenvalue weighted by Gasteiger charge is -2.17. The van der Waals surface area contributed by atoms with Crippen LogP contribution in [0.1, 0.15) is 19.8 Å². The van der Waals surface area contributed by atoms with Gasteiger partial charge in [-0.05, 0) is 55.0 Å². The van der Waals surface area contributed by atoms with Crippen molar-refractivity contribution in [3.8, 4) is 5.75 Å². The lowest BCUT2D eigenvalue weighted by Crippen LogP contribution is -2.31. The summed E-state index contributed by atoms with van der Waals surface area (Å²) in [5.74, 6) is 0.548. The maximum absolute atomic E-state index is 12.8. The van der Waals surface area contributed by atoms with Crippen molar-refractivity contribution in [1.29, 1.82) is 0 Å². The van der Waals surface area contributed by atoms with E-state index >= 15 is 0 Å². The summed E-state index contributed by atoms with van der Waals surface area (Å²) in [5, 5.41) is 3.32. The van der Waals surface area contributed by atoms with Crippen molar-refractivity contribution in [3.05, 3.63) is 53.6 Å². The number of nitrogens with zero attached hydrogens (tertiary/aromatic N) is 1. The van der Waals surface area contributed by atoms with E-state index in [-0.39, 0.29) is 16.9 Å². The van der Waals surface area contributed by atoms with Crippen LogP contribution >= 0.6 is 11.6 Å². The average molecular weight is 409 g/mol. The molecule has 1 aliphatic heterocycles. The summed E-state index contributed by atoms with van der Waals surface area (Å²) in [6.07, 6.45) is 0.777. The molecule has 1 N–H and O–H groups in total. The molecule has 1 saturated heterocycles. The molecule has 144 valence electrons. The highest BCUT2D eigenvalue weighted by molar-refractivity contribution is 7.89. The van der Waals surface area contributed by atoms with Crippen molar-refractivity contribution in [2.45, 2.75) is 30.8 Å². The summed E-state index contributed by atoms with van der Waals surface area (Å²) < 4.78 is 32.9. The number of sulfonamides is 1. The quantitative estimate of drug-likeness (QED) is 0.793. The van der Waals surface area contributed by atoms with E-state index in [9.17, 15) is 13.2 Å². The van der Waals surface area contributed by atoms with Crippen LogP contribution in [0.5, 0.6) is 5.75 Å². The summed E-state index contributed by atoms with van der Waals surface area (Å²) in [5.41, 5.74) is 0.575. The highest BCUT2D eigenvalue weighted by atomic mass is 35.5. The number of carbonyl (C=O) groups excluding carboxylic acids is 1. The molecule has 0 saturated carbocycles. The number of anilines is 1. The predicted molar refractivity (Wildman–Crippen MR) is 105 cm³/mol. The summed E-state index contributed by atoms with van der Waals surface area (Å²) in [6.45, 7) is 2.44. The molecule has 0 spiro atoms. The number of halogens is 1. The first-order valence-electron chi connectivity index (χ1n) is 8.71. The van der Waals surface area contributed by atoms with Gasteiger partial charge in [0.2, 0.25) is 15.9 Å². The maximum Gasteiger partial charge on any atom is 0.243 e. The van der Waals surface area contributed by atoms with Gasteiger partial charge in [0.1, 0.15) is 11.9 Å². The molecule has 3 rings (SSSR count). The minimum atomic E-state index is -3.60. The minimum Gasteiger partial charge on any atom is -0.489 e. The fraction of sp³-hybridized carbons (Fsp3) is 0.316. The normalized spacial score (nSPS) is 17.6. The minimum absolute atomic E-state index is 0.118. The van der Waals surface area contributed by atoms with E-state index in [2.05, 4.69) is 5.32 Å². The molecule has 1 fully saturated rings. The van der Waals surface area contributed by atoms with Crippen LogP contribution in [0.25, 0.3) is 0 Å². The third-order valence-electron chi connectivity index (χ3n) is 4.32. The van der Waals surface area contributed by atoms with Gasteiger partial charge in [0.15, 0.2) is 0 Å². The van der Waals surface area contributed by atoms with Gasteiger partial charge < -0.3 is 10.1 Å². The molecule has 1 unspecified atom stereocenters. The van der Waals surface area contributed by atoms with Crippen molar-refractivity contribution >= 4 is 33.2 Å². The topological polar surface area (TPSA) is 75.7 Å². The van der Waals surface area contributed by atoms with Gasteiger partial charge in [0, 0.05) is 23.7 Å². The van der Waals surface area contributed by atoms with Gasteiger partial charge in [-0.15, -0.1) is 0 Å².